The molecule has 0 unspecified atom stereocenters. The molecule has 0 aromatic heterocycles. The largest absolute Gasteiger partial charge is 0.369 e. The fourth-order valence-electron chi connectivity index (χ4n) is 4.34. The van der Waals surface area contributed by atoms with Gasteiger partial charge in [0.15, 0.2) is 0 Å². The minimum absolute atomic E-state index is 0.392. The molecule has 2 heterocycles. The Morgan fingerprint density at radius 2 is 1.47 bits per heavy atom. The third-order valence-corrected chi connectivity index (χ3v) is 6.76. The van der Waals surface area contributed by atoms with Crippen molar-refractivity contribution in [3.05, 3.63) is 100 Å². The van der Waals surface area contributed by atoms with Gasteiger partial charge in [-0.05, 0) is 66.7 Å². The summed E-state index contributed by atoms with van der Waals surface area (Å²) < 4.78 is 0. The van der Waals surface area contributed by atoms with Crippen LogP contribution in [0.3, 0.4) is 0 Å². The van der Waals surface area contributed by atoms with E-state index in [1.807, 2.05) is 60.7 Å². The van der Waals surface area contributed by atoms with E-state index < -0.39 is 11.8 Å². The van der Waals surface area contributed by atoms with Gasteiger partial charge in [-0.3, -0.25) is 14.9 Å². The summed E-state index contributed by atoms with van der Waals surface area (Å²) in [4.78, 5) is 29.8. The maximum atomic E-state index is 12.7. The molecule has 2 N–H and O–H groups in total. The number of carbonyl (C=O) groups is 2. The van der Waals surface area contributed by atoms with Crippen LogP contribution in [0.2, 0.25) is 5.02 Å². The number of benzene rings is 3. The molecular weight excluding hydrogens is 472 g/mol. The topological polar surface area (TPSA) is 64.7 Å². The van der Waals surface area contributed by atoms with E-state index in [2.05, 4.69) is 39.6 Å². The van der Waals surface area contributed by atoms with Gasteiger partial charge < -0.3 is 15.1 Å². The molecular formula is C29H27ClN4O2. The van der Waals surface area contributed by atoms with Gasteiger partial charge in [-0.1, -0.05) is 42.0 Å². The summed E-state index contributed by atoms with van der Waals surface area (Å²) in [7, 11) is 2.14. The number of halogens is 1. The smallest absolute Gasteiger partial charge is 0.260 e. The summed E-state index contributed by atoms with van der Waals surface area (Å²) >= 11 is 5.96. The molecule has 2 aliphatic rings. The molecule has 3 aromatic rings. The molecule has 1 fully saturated rings. The summed E-state index contributed by atoms with van der Waals surface area (Å²) in [6, 6.07) is 21.2. The lowest BCUT2D eigenvalue weighted by Crippen LogP contribution is -2.44. The predicted octanol–water partition coefficient (Wildman–Crippen LogP) is 4.99. The molecule has 36 heavy (non-hydrogen) atoms. The van der Waals surface area contributed by atoms with Crippen LogP contribution in [0.4, 0.5) is 11.4 Å². The van der Waals surface area contributed by atoms with Crippen LogP contribution in [0.25, 0.3) is 17.7 Å². The van der Waals surface area contributed by atoms with Crippen LogP contribution < -0.4 is 15.5 Å². The highest BCUT2D eigenvalue weighted by molar-refractivity contribution is 6.31. The van der Waals surface area contributed by atoms with Gasteiger partial charge in [-0.2, -0.15) is 0 Å². The van der Waals surface area contributed by atoms with Gasteiger partial charge in [0.2, 0.25) is 0 Å². The SMILES string of the molecule is CN1CCN(c2ccc(NC=C3C(=O)NC(=O)c4ccc(C=Cc5ccc(Cl)cc5)cc43)cc2)CC1. The summed E-state index contributed by atoms with van der Waals surface area (Å²) in [5.74, 6) is -0.815. The molecule has 182 valence electrons. The van der Waals surface area contributed by atoms with Crippen molar-refractivity contribution in [2.45, 2.75) is 0 Å². The van der Waals surface area contributed by atoms with Gasteiger partial charge in [0.1, 0.15) is 0 Å². The second-order valence-corrected chi connectivity index (χ2v) is 9.45. The molecule has 2 amide bonds. The minimum atomic E-state index is -0.423. The lowest BCUT2D eigenvalue weighted by molar-refractivity contribution is -0.114. The van der Waals surface area contributed by atoms with E-state index in [1.54, 1.807) is 12.3 Å². The molecule has 0 spiro atoms. The molecule has 0 atom stereocenters. The van der Waals surface area contributed by atoms with E-state index in [-0.39, 0.29) is 0 Å². The van der Waals surface area contributed by atoms with Crippen LogP contribution in [-0.4, -0.2) is 49.9 Å². The Kier molecular flexibility index (Phi) is 6.89. The Hall–Kier alpha value is -3.87. The number of imide groups is 1. The van der Waals surface area contributed by atoms with Crippen LogP contribution in [0.1, 0.15) is 27.0 Å². The number of hydrogen-bond acceptors (Lipinski definition) is 5. The Labute approximate surface area is 215 Å². The molecule has 0 bridgehead atoms. The van der Waals surface area contributed by atoms with E-state index in [4.69, 9.17) is 11.6 Å². The van der Waals surface area contributed by atoms with Gasteiger partial charge in [0, 0.05) is 59.9 Å². The number of nitrogens with zero attached hydrogens (tertiary/aromatic N) is 2. The van der Waals surface area contributed by atoms with E-state index in [0.717, 1.165) is 43.0 Å². The van der Waals surface area contributed by atoms with Crippen molar-refractivity contribution in [1.29, 1.82) is 0 Å². The van der Waals surface area contributed by atoms with Gasteiger partial charge in [0.05, 0.1) is 5.57 Å². The van der Waals surface area contributed by atoms with Crippen LogP contribution in [-0.2, 0) is 4.79 Å². The number of carbonyl (C=O) groups excluding carboxylic acids is 2. The molecule has 6 nitrogen and oxygen atoms in total. The zero-order valence-corrected chi connectivity index (χ0v) is 20.8. The first-order chi connectivity index (χ1) is 17.5. The minimum Gasteiger partial charge on any atom is -0.369 e. The summed E-state index contributed by atoms with van der Waals surface area (Å²) in [6.07, 6.45) is 5.58. The second-order valence-electron chi connectivity index (χ2n) is 9.01. The number of rotatable bonds is 5. The van der Waals surface area contributed by atoms with Crippen LogP contribution in [0.5, 0.6) is 0 Å². The van der Waals surface area contributed by atoms with Crippen LogP contribution in [0.15, 0.2) is 72.9 Å². The molecule has 3 aromatic carbocycles. The predicted molar refractivity (Wildman–Crippen MR) is 147 cm³/mol. The Morgan fingerprint density at radius 1 is 0.806 bits per heavy atom. The Balaban J connectivity index is 1.36. The van der Waals surface area contributed by atoms with Crippen molar-refractivity contribution in [2.75, 3.05) is 43.4 Å². The lowest BCUT2D eigenvalue weighted by atomic mass is 9.93. The monoisotopic (exact) mass is 498 g/mol. The number of anilines is 2. The molecule has 5 rings (SSSR count). The Bertz CT molecular complexity index is 1340. The quantitative estimate of drug-likeness (QED) is 0.295. The summed E-state index contributed by atoms with van der Waals surface area (Å²) in [5, 5.41) is 6.34. The van der Waals surface area contributed by atoms with Crippen molar-refractivity contribution >= 4 is 52.5 Å². The van der Waals surface area contributed by atoms with Gasteiger partial charge in [-0.15, -0.1) is 0 Å². The third kappa shape index (κ3) is 5.35. The number of fused-ring (bicyclic) bond motifs is 1. The first kappa shape index (κ1) is 23.9. The average Bonchev–Trinajstić information content (AvgIpc) is 2.89. The van der Waals surface area contributed by atoms with Gasteiger partial charge in [-0.25, -0.2) is 0 Å². The molecule has 0 aliphatic carbocycles. The van der Waals surface area contributed by atoms with E-state index in [9.17, 15) is 9.59 Å². The van der Waals surface area contributed by atoms with E-state index in [0.29, 0.717) is 21.7 Å². The molecule has 0 saturated carbocycles. The highest BCUT2D eigenvalue weighted by Gasteiger charge is 2.27. The molecule has 0 radical (unpaired) electrons. The Morgan fingerprint density at radius 3 is 2.19 bits per heavy atom. The maximum absolute atomic E-state index is 12.7. The maximum Gasteiger partial charge on any atom is 0.260 e. The fourth-order valence-corrected chi connectivity index (χ4v) is 4.47. The number of nitrogens with one attached hydrogen (secondary N) is 2. The van der Waals surface area contributed by atoms with E-state index in [1.165, 1.54) is 5.69 Å². The second kappa shape index (κ2) is 10.4. The standard InChI is InChI=1S/C29H27ClN4O2/c1-33-14-16-34(17-15-33)24-11-9-23(10-12-24)31-19-27-26-18-21(3-2-20-4-7-22(30)8-5-20)6-13-25(26)28(35)32-29(27)36/h2-13,18-19,31H,14-17H2,1H3,(H,32,35,36). The summed E-state index contributed by atoms with van der Waals surface area (Å²) in [6.45, 7) is 4.12. The normalized spacial score (nSPS) is 17.4. The van der Waals surface area contributed by atoms with Crippen molar-refractivity contribution in [2.24, 2.45) is 0 Å². The summed E-state index contributed by atoms with van der Waals surface area (Å²) in [5.41, 5.74) is 5.42. The van der Waals surface area contributed by atoms with Gasteiger partial charge in [0.25, 0.3) is 11.8 Å². The number of hydrogen-bond donors (Lipinski definition) is 2. The highest BCUT2D eigenvalue weighted by Crippen LogP contribution is 2.27. The fraction of sp³-hybridized carbons (Fsp3) is 0.172. The average molecular weight is 499 g/mol. The van der Waals surface area contributed by atoms with Gasteiger partial charge >= 0.3 is 0 Å². The first-order valence-corrected chi connectivity index (χ1v) is 12.3. The number of piperazine rings is 1. The number of likely N-dealkylation sites (N-methyl/N-ethyl adjacent to an activating group) is 1. The van der Waals surface area contributed by atoms with Crippen molar-refractivity contribution in [3.63, 3.8) is 0 Å². The molecule has 7 heteroatoms. The first-order valence-electron chi connectivity index (χ1n) is 11.9. The molecule has 1 saturated heterocycles. The highest BCUT2D eigenvalue weighted by atomic mass is 35.5. The van der Waals surface area contributed by atoms with Crippen LogP contribution in [0, 0.1) is 0 Å². The molecule has 2 aliphatic heterocycles. The zero-order valence-electron chi connectivity index (χ0n) is 20.0. The van der Waals surface area contributed by atoms with Crippen molar-refractivity contribution < 1.29 is 9.59 Å². The number of amides is 2. The van der Waals surface area contributed by atoms with E-state index >= 15 is 0 Å². The van der Waals surface area contributed by atoms with Crippen molar-refractivity contribution in [1.82, 2.24) is 10.2 Å². The lowest BCUT2D eigenvalue weighted by Gasteiger charge is -2.34. The van der Waals surface area contributed by atoms with Crippen LogP contribution >= 0.6 is 11.6 Å². The van der Waals surface area contributed by atoms with Crippen molar-refractivity contribution in [3.8, 4) is 0 Å². The third-order valence-electron chi connectivity index (χ3n) is 6.51. The zero-order chi connectivity index (χ0) is 25.1.